The summed E-state index contributed by atoms with van der Waals surface area (Å²) in [7, 11) is -3.31. The van der Waals surface area contributed by atoms with E-state index in [9.17, 15) is 13.2 Å². The zero-order valence-corrected chi connectivity index (χ0v) is 14.2. The highest BCUT2D eigenvalue weighted by Crippen LogP contribution is 2.28. The molecule has 1 aromatic heterocycles. The molecule has 0 unspecified atom stereocenters. The molecule has 1 amide bonds. The van der Waals surface area contributed by atoms with Crippen LogP contribution in [0.15, 0.2) is 42.7 Å². The van der Waals surface area contributed by atoms with E-state index in [1.54, 1.807) is 42.7 Å². The molecule has 7 heteroatoms. The number of carbonyl (C=O) groups excluding carboxylic acids is 1. The molecule has 0 radical (unpaired) electrons. The van der Waals surface area contributed by atoms with Crippen LogP contribution in [-0.2, 0) is 10.0 Å². The fraction of sp³-hybridized carbons (Fsp3) is 0.294. The molecule has 126 valence electrons. The second-order valence-corrected chi connectivity index (χ2v) is 7.81. The third-order valence-corrected chi connectivity index (χ3v) is 5.86. The van der Waals surface area contributed by atoms with Gasteiger partial charge in [-0.15, -0.1) is 0 Å². The van der Waals surface area contributed by atoms with Crippen molar-refractivity contribution in [3.05, 3.63) is 53.9 Å². The van der Waals surface area contributed by atoms with Crippen LogP contribution in [0.3, 0.4) is 0 Å². The van der Waals surface area contributed by atoms with Gasteiger partial charge in [-0.05, 0) is 49.6 Å². The molecule has 1 N–H and O–H groups in total. The lowest BCUT2D eigenvalue weighted by atomic mass is 10.1. The molecular formula is C17H19N3O3S. The van der Waals surface area contributed by atoms with E-state index in [0.717, 1.165) is 12.0 Å². The van der Waals surface area contributed by atoms with Gasteiger partial charge < -0.3 is 5.32 Å². The van der Waals surface area contributed by atoms with Gasteiger partial charge in [0.05, 0.1) is 23.3 Å². The topological polar surface area (TPSA) is 79.4 Å². The molecule has 0 aliphatic carbocycles. The van der Waals surface area contributed by atoms with Gasteiger partial charge in [-0.1, -0.05) is 6.07 Å². The van der Waals surface area contributed by atoms with Crippen molar-refractivity contribution >= 4 is 27.3 Å². The molecular weight excluding hydrogens is 326 g/mol. The van der Waals surface area contributed by atoms with E-state index in [1.165, 1.54) is 4.31 Å². The highest BCUT2D eigenvalue weighted by molar-refractivity contribution is 7.92. The van der Waals surface area contributed by atoms with E-state index in [2.05, 4.69) is 10.3 Å². The van der Waals surface area contributed by atoms with Crippen molar-refractivity contribution in [1.82, 2.24) is 4.98 Å². The molecule has 0 spiro atoms. The molecule has 1 aliphatic rings. The molecule has 1 saturated heterocycles. The Morgan fingerprint density at radius 2 is 2.08 bits per heavy atom. The normalized spacial score (nSPS) is 16.6. The summed E-state index contributed by atoms with van der Waals surface area (Å²) in [6.07, 6.45) is 4.69. The predicted octanol–water partition coefficient (Wildman–Crippen LogP) is 2.57. The molecule has 1 fully saturated rings. The Balaban J connectivity index is 1.90. The molecule has 0 atom stereocenters. The average molecular weight is 345 g/mol. The Morgan fingerprint density at radius 3 is 2.79 bits per heavy atom. The number of aromatic nitrogens is 1. The molecule has 6 nitrogen and oxygen atoms in total. The van der Waals surface area contributed by atoms with Crippen LogP contribution in [-0.4, -0.2) is 31.6 Å². The SMILES string of the molecule is Cc1ccc(C(=O)Nc2cccnc2)cc1N1CCCCS1(=O)=O. The monoisotopic (exact) mass is 345 g/mol. The van der Waals surface area contributed by atoms with Gasteiger partial charge in [0, 0.05) is 18.3 Å². The second kappa shape index (κ2) is 6.60. The number of hydrogen-bond acceptors (Lipinski definition) is 4. The Hall–Kier alpha value is -2.41. The molecule has 0 bridgehead atoms. The van der Waals surface area contributed by atoms with Crippen molar-refractivity contribution in [3.63, 3.8) is 0 Å². The number of hydrogen-bond donors (Lipinski definition) is 1. The van der Waals surface area contributed by atoms with Crippen molar-refractivity contribution < 1.29 is 13.2 Å². The summed E-state index contributed by atoms with van der Waals surface area (Å²) in [5, 5.41) is 2.76. The maximum absolute atomic E-state index is 12.4. The summed E-state index contributed by atoms with van der Waals surface area (Å²) in [6.45, 7) is 2.30. The Labute approximate surface area is 141 Å². The van der Waals surface area contributed by atoms with Crippen molar-refractivity contribution in [2.24, 2.45) is 0 Å². The van der Waals surface area contributed by atoms with Crippen LogP contribution >= 0.6 is 0 Å². The number of sulfonamides is 1. The Bertz CT molecular complexity index is 851. The van der Waals surface area contributed by atoms with Gasteiger partial charge in [0.1, 0.15) is 0 Å². The van der Waals surface area contributed by atoms with Gasteiger partial charge in [-0.25, -0.2) is 8.42 Å². The number of rotatable bonds is 3. The maximum Gasteiger partial charge on any atom is 0.255 e. The summed E-state index contributed by atoms with van der Waals surface area (Å²) >= 11 is 0. The summed E-state index contributed by atoms with van der Waals surface area (Å²) in [6, 6.07) is 8.59. The van der Waals surface area contributed by atoms with Gasteiger partial charge >= 0.3 is 0 Å². The number of anilines is 2. The minimum Gasteiger partial charge on any atom is -0.321 e. The van der Waals surface area contributed by atoms with Crippen LogP contribution in [0.25, 0.3) is 0 Å². The minimum absolute atomic E-state index is 0.151. The highest BCUT2D eigenvalue weighted by atomic mass is 32.2. The van der Waals surface area contributed by atoms with E-state index >= 15 is 0 Å². The third kappa shape index (κ3) is 3.41. The lowest BCUT2D eigenvalue weighted by Gasteiger charge is -2.29. The lowest BCUT2D eigenvalue weighted by Crippen LogP contribution is -2.38. The van der Waals surface area contributed by atoms with Crippen molar-refractivity contribution in [2.45, 2.75) is 19.8 Å². The number of benzene rings is 1. The molecule has 3 rings (SSSR count). The van der Waals surface area contributed by atoms with E-state index in [4.69, 9.17) is 0 Å². The van der Waals surface area contributed by atoms with Crippen LogP contribution < -0.4 is 9.62 Å². The first-order valence-corrected chi connectivity index (χ1v) is 9.41. The van der Waals surface area contributed by atoms with Crippen LogP contribution in [0, 0.1) is 6.92 Å². The van der Waals surface area contributed by atoms with Gasteiger partial charge in [-0.3, -0.25) is 14.1 Å². The first kappa shape index (κ1) is 16.4. The van der Waals surface area contributed by atoms with E-state index < -0.39 is 10.0 Å². The molecule has 0 saturated carbocycles. The van der Waals surface area contributed by atoms with Crippen LogP contribution in [0.2, 0.25) is 0 Å². The smallest absolute Gasteiger partial charge is 0.255 e. The van der Waals surface area contributed by atoms with Crippen LogP contribution in [0.5, 0.6) is 0 Å². The van der Waals surface area contributed by atoms with Gasteiger partial charge in [-0.2, -0.15) is 0 Å². The third-order valence-electron chi connectivity index (χ3n) is 4.01. The molecule has 1 aromatic carbocycles. The van der Waals surface area contributed by atoms with Crippen molar-refractivity contribution in [1.29, 1.82) is 0 Å². The fourth-order valence-corrected chi connectivity index (χ4v) is 4.41. The second-order valence-electron chi connectivity index (χ2n) is 5.79. The van der Waals surface area contributed by atoms with Crippen molar-refractivity contribution in [3.8, 4) is 0 Å². The number of carbonyl (C=O) groups is 1. The van der Waals surface area contributed by atoms with E-state index in [1.807, 2.05) is 6.92 Å². The number of aryl methyl sites for hydroxylation is 1. The van der Waals surface area contributed by atoms with E-state index in [-0.39, 0.29) is 11.7 Å². The van der Waals surface area contributed by atoms with Crippen LogP contribution in [0.4, 0.5) is 11.4 Å². The standard InChI is InChI=1S/C17H19N3O3S/c1-13-6-7-14(17(21)19-15-5-4-8-18-12-15)11-16(13)20-9-2-3-10-24(20,22)23/h4-8,11-12H,2-3,9-10H2,1H3,(H,19,21). The lowest BCUT2D eigenvalue weighted by molar-refractivity contribution is 0.102. The Kier molecular flexibility index (Phi) is 4.53. The molecule has 2 heterocycles. The number of pyridine rings is 1. The molecule has 2 aromatic rings. The van der Waals surface area contributed by atoms with E-state index in [0.29, 0.717) is 29.9 Å². The van der Waals surface area contributed by atoms with Gasteiger partial charge in [0.15, 0.2) is 0 Å². The van der Waals surface area contributed by atoms with Gasteiger partial charge in [0.2, 0.25) is 10.0 Å². The first-order chi connectivity index (χ1) is 11.5. The average Bonchev–Trinajstić information content (AvgIpc) is 2.56. The van der Waals surface area contributed by atoms with Crippen LogP contribution in [0.1, 0.15) is 28.8 Å². The summed E-state index contributed by atoms with van der Waals surface area (Å²) in [5.74, 6) is -0.142. The number of amides is 1. The predicted molar refractivity (Wildman–Crippen MR) is 93.7 cm³/mol. The maximum atomic E-state index is 12.4. The zero-order valence-electron chi connectivity index (χ0n) is 13.4. The summed E-state index contributed by atoms with van der Waals surface area (Å²) < 4.78 is 26.1. The Morgan fingerprint density at radius 1 is 1.25 bits per heavy atom. The molecule has 24 heavy (non-hydrogen) atoms. The first-order valence-electron chi connectivity index (χ1n) is 7.80. The summed E-state index contributed by atoms with van der Waals surface area (Å²) in [5.41, 5.74) is 2.42. The number of nitrogens with one attached hydrogen (secondary N) is 1. The van der Waals surface area contributed by atoms with Crippen molar-refractivity contribution in [2.75, 3.05) is 21.9 Å². The zero-order chi connectivity index (χ0) is 17.2. The summed E-state index contributed by atoms with van der Waals surface area (Å²) in [4.78, 5) is 16.4. The van der Waals surface area contributed by atoms with Gasteiger partial charge in [0.25, 0.3) is 5.91 Å². The molecule has 1 aliphatic heterocycles. The largest absolute Gasteiger partial charge is 0.321 e. The quantitative estimate of drug-likeness (QED) is 0.927. The minimum atomic E-state index is -3.31. The highest BCUT2D eigenvalue weighted by Gasteiger charge is 2.27. The fourth-order valence-electron chi connectivity index (χ4n) is 2.72. The number of nitrogens with zero attached hydrogens (tertiary/aromatic N) is 2.